The van der Waals surface area contributed by atoms with Crippen LogP contribution in [-0.4, -0.2) is 42.9 Å². The Morgan fingerprint density at radius 2 is 2.12 bits per heavy atom. The highest BCUT2D eigenvalue weighted by atomic mass is 32.2. The third-order valence-corrected chi connectivity index (χ3v) is 5.60. The quantitative estimate of drug-likeness (QED) is 0.690. The Hall–Kier alpha value is -2.61. The fourth-order valence-corrected chi connectivity index (χ4v) is 3.85. The number of ether oxygens (including phenoxy) is 1. The molecule has 25 heavy (non-hydrogen) atoms. The van der Waals surface area contributed by atoms with Crippen molar-refractivity contribution in [1.82, 2.24) is 4.98 Å². The second kappa shape index (κ2) is 8.48. The number of pyridine rings is 1. The van der Waals surface area contributed by atoms with Crippen LogP contribution in [0.25, 0.3) is 0 Å². The Morgan fingerprint density at radius 1 is 1.32 bits per heavy atom. The van der Waals surface area contributed by atoms with Crippen LogP contribution in [0.15, 0.2) is 53.7 Å². The molecule has 1 aromatic carbocycles. The van der Waals surface area contributed by atoms with Crippen LogP contribution in [-0.2, 0) is 19.4 Å². The molecule has 0 bridgehead atoms. The Bertz CT molecular complexity index is 809. The van der Waals surface area contributed by atoms with Crippen LogP contribution < -0.4 is 5.32 Å². The molecule has 0 saturated carbocycles. The number of carbonyl (C=O) groups excluding carboxylic acids is 1. The highest BCUT2D eigenvalue weighted by Gasteiger charge is 2.30. The molecule has 1 aromatic heterocycles. The zero-order chi connectivity index (χ0) is 18.3. The van der Waals surface area contributed by atoms with Crippen molar-refractivity contribution in [2.45, 2.75) is 23.5 Å². The van der Waals surface area contributed by atoms with Crippen molar-refractivity contribution >= 4 is 21.5 Å². The van der Waals surface area contributed by atoms with Crippen molar-refractivity contribution in [3.8, 4) is 5.75 Å². The van der Waals surface area contributed by atoms with E-state index >= 15 is 0 Å². The molecular weight excluding hydrogens is 344 g/mol. The summed E-state index contributed by atoms with van der Waals surface area (Å²) in [5.41, 5.74) is 0.641. The average Bonchev–Trinajstić information content (AvgIpc) is 2.59. The van der Waals surface area contributed by atoms with E-state index in [1.807, 2.05) is 0 Å². The molecule has 0 amide bonds. The van der Waals surface area contributed by atoms with Crippen LogP contribution in [0, 0.1) is 0 Å². The average molecular weight is 364 g/mol. The van der Waals surface area contributed by atoms with Gasteiger partial charge in [0, 0.05) is 18.9 Å². The van der Waals surface area contributed by atoms with Crippen molar-refractivity contribution in [1.29, 1.82) is 0 Å². The number of nitrogens with zero attached hydrogens (tertiary/aromatic N) is 1. The number of hydrogen-bond acceptors (Lipinski definition) is 7. The summed E-state index contributed by atoms with van der Waals surface area (Å²) in [5.74, 6) is -0.750. The summed E-state index contributed by atoms with van der Waals surface area (Å²) < 4.78 is 30.6. The summed E-state index contributed by atoms with van der Waals surface area (Å²) in [4.78, 5) is 15.7. The SMILES string of the molecule is CCOC(=O)CC(CNc1cccnc1)S(=O)(=O)c1cccc(O)c1. The van der Waals surface area contributed by atoms with E-state index in [9.17, 15) is 18.3 Å². The predicted molar refractivity (Wildman–Crippen MR) is 93.1 cm³/mol. The maximum absolute atomic E-state index is 12.9. The highest BCUT2D eigenvalue weighted by Crippen LogP contribution is 2.23. The monoisotopic (exact) mass is 364 g/mol. The smallest absolute Gasteiger partial charge is 0.307 e. The summed E-state index contributed by atoms with van der Waals surface area (Å²) in [5, 5.41) is 11.5. The lowest BCUT2D eigenvalue weighted by atomic mass is 10.3. The number of carbonyl (C=O) groups is 1. The minimum Gasteiger partial charge on any atom is -0.508 e. The molecule has 0 aliphatic carbocycles. The van der Waals surface area contributed by atoms with Crippen LogP contribution in [0.4, 0.5) is 5.69 Å². The van der Waals surface area contributed by atoms with Gasteiger partial charge >= 0.3 is 5.97 Å². The van der Waals surface area contributed by atoms with Gasteiger partial charge < -0.3 is 15.2 Å². The third kappa shape index (κ3) is 5.18. The van der Waals surface area contributed by atoms with E-state index in [2.05, 4.69) is 10.3 Å². The third-order valence-electron chi connectivity index (χ3n) is 3.48. The summed E-state index contributed by atoms with van der Waals surface area (Å²) >= 11 is 0. The van der Waals surface area contributed by atoms with E-state index < -0.39 is 21.1 Å². The predicted octanol–water partition coefficient (Wildman–Crippen LogP) is 1.99. The molecule has 8 heteroatoms. The number of sulfone groups is 1. The van der Waals surface area contributed by atoms with Crippen molar-refractivity contribution in [2.75, 3.05) is 18.5 Å². The molecule has 1 heterocycles. The second-order valence-corrected chi connectivity index (χ2v) is 7.52. The Labute approximate surface area is 146 Å². The van der Waals surface area contributed by atoms with Crippen molar-refractivity contribution < 1.29 is 23.1 Å². The van der Waals surface area contributed by atoms with Gasteiger partial charge in [-0.05, 0) is 37.3 Å². The summed E-state index contributed by atoms with van der Waals surface area (Å²) in [7, 11) is -3.85. The number of benzene rings is 1. The van der Waals surface area contributed by atoms with Gasteiger partial charge in [-0.15, -0.1) is 0 Å². The number of nitrogens with one attached hydrogen (secondary N) is 1. The van der Waals surface area contributed by atoms with E-state index in [0.29, 0.717) is 5.69 Å². The van der Waals surface area contributed by atoms with E-state index in [4.69, 9.17) is 4.74 Å². The minimum absolute atomic E-state index is 0.00248. The number of phenolic OH excluding ortho intramolecular Hbond substituents is 1. The van der Waals surface area contributed by atoms with Gasteiger partial charge in [0.2, 0.25) is 0 Å². The molecule has 0 aliphatic heterocycles. The fourth-order valence-electron chi connectivity index (χ4n) is 2.25. The zero-order valence-electron chi connectivity index (χ0n) is 13.8. The van der Waals surface area contributed by atoms with E-state index in [1.54, 1.807) is 31.5 Å². The Balaban J connectivity index is 2.24. The molecule has 2 aromatic rings. The standard InChI is InChI=1S/C17H20N2O5S/c1-2-24-17(21)10-16(12-19-13-5-4-8-18-11-13)25(22,23)15-7-3-6-14(20)9-15/h3-9,11,16,19-20H,2,10,12H2,1H3. The summed E-state index contributed by atoms with van der Waals surface area (Å²) in [6.07, 6.45) is 2.87. The van der Waals surface area contributed by atoms with Gasteiger partial charge in [-0.1, -0.05) is 6.07 Å². The van der Waals surface area contributed by atoms with Crippen molar-refractivity contribution in [2.24, 2.45) is 0 Å². The molecule has 1 unspecified atom stereocenters. The molecule has 2 rings (SSSR count). The van der Waals surface area contributed by atoms with Crippen LogP contribution >= 0.6 is 0 Å². The van der Waals surface area contributed by atoms with Gasteiger partial charge in [-0.2, -0.15) is 0 Å². The lowest BCUT2D eigenvalue weighted by Crippen LogP contribution is -2.32. The molecule has 7 nitrogen and oxygen atoms in total. The first-order chi connectivity index (χ1) is 11.9. The largest absolute Gasteiger partial charge is 0.508 e. The van der Waals surface area contributed by atoms with Gasteiger partial charge in [-0.3, -0.25) is 9.78 Å². The zero-order valence-corrected chi connectivity index (χ0v) is 14.6. The normalized spacial score (nSPS) is 12.4. The first-order valence-electron chi connectivity index (χ1n) is 7.76. The molecule has 0 radical (unpaired) electrons. The fraction of sp³-hybridized carbons (Fsp3) is 0.294. The molecule has 0 spiro atoms. The maximum atomic E-state index is 12.9. The lowest BCUT2D eigenvalue weighted by molar-refractivity contribution is -0.143. The number of rotatable bonds is 8. The molecule has 0 aliphatic rings. The van der Waals surface area contributed by atoms with Gasteiger partial charge in [0.15, 0.2) is 9.84 Å². The van der Waals surface area contributed by atoms with Gasteiger partial charge in [0.25, 0.3) is 0 Å². The van der Waals surface area contributed by atoms with Crippen molar-refractivity contribution in [3.63, 3.8) is 0 Å². The highest BCUT2D eigenvalue weighted by molar-refractivity contribution is 7.92. The Morgan fingerprint density at radius 3 is 2.76 bits per heavy atom. The molecule has 0 fully saturated rings. The first kappa shape index (κ1) is 18.7. The number of hydrogen-bond donors (Lipinski definition) is 2. The number of phenols is 1. The minimum atomic E-state index is -3.85. The van der Waals surface area contributed by atoms with Gasteiger partial charge in [0.05, 0.1) is 28.9 Å². The molecule has 134 valence electrons. The summed E-state index contributed by atoms with van der Waals surface area (Å²) in [6.45, 7) is 1.83. The molecule has 2 N–H and O–H groups in total. The van der Waals surface area contributed by atoms with Crippen LogP contribution in [0.5, 0.6) is 5.75 Å². The summed E-state index contributed by atoms with van der Waals surface area (Å²) in [6, 6.07) is 8.84. The van der Waals surface area contributed by atoms with Crippen molar-refractivity contribution in [3.05, 3.63) is 48.8 Å². The van der Waals surface area contributed by atoms with E-state index in [0.717, 1.165) is 6.07 Å². The number of aromatic hydroxyl groups is 1. The van der Waals surface area contributed by atoms with Crippen LogP contribution in [0.2, 0.25) is 0 Å². The van der Waals surface area contributed by atoms with Gasteiger partial charge in [-0.25, -0.2) is 8.42 Å². The van der Waals surface area contributed by atoms with E-state index in [-0.39, 0.29) is 30.2 Å². The molecule has 0 saturated heterocycles. The lowest BCUT2D eigenvalue weighted by Gasteiger charge is -2.18. The molecular formula is C17H20N2O5S. The van der Waals surface area contributed by atoms with Crippen LogP contribution in [0.1, 0.15) is 13.3 Å². The molecule has 1 atom stereocenters. The van der Waals surface area contributed by atoms with Crippen LogP contribution in [0.3, 0.4) is 0 Å². The number of aromatic nitrogens is 1. The number of anilines is 1. The maximum Gasteiger partial charge on any atom is 0.307 e. The first-order valence-corrected chi connectivity index (χ1v) is 9.30. The van der Waals surface area contributed by atoms with Gasteiger partial charge in [0.1, 0.15) is 5.75 Å². The van der Waals surface area contributed by atoms with E-state index in [1.165, 1.54) is 18.2 Å². The number of esters is 1. The Kier molecular flexibility index (Phi) is 6.35. The topological polar surface area (TPSA) is 106 Å². The second-order valence-electron chi connectivity index (χ2n) is 5.30.